The van der Waals surface area contributed by atoms with E-state index in [-0.39, 0.29) is 36.1 Å². The monoisotopic (exact) mass is 535 g/mol. The number of esters is 1. The van der Waals surface area contributed by atoms with Gasteiger partial charge in [-0.05, 0) is 30.7 Å². The number of benzene rings is 2. The van der Waals surface area contributed by atoms with Crippen LogP contribution in [0.25, 0.3) is 0 Å². The SMILES string of the molecule is CCOC(=O)C[C@H](c1ccc([N+](=O)[O-])cc1)[C@H](NC(=O)c1cc(C(F)(F)F)cc(C(F)(F)F)c1)C(N)=O. The number of carbonyl (C=O) groups is 3. The molecule has 0 spiro atoms. The number of amides is 2. The lowest BCUT2D eigenvalue weighted by Gasteiger charge is -2.26. The van der Waals surface area contributed by atoms with E-state index in [0.717, 1.165) is 24.3 Å². The summed E-state index contributed by atoms with van der Waals surface area (Å²) in [4.78, 5) is 47.3. The van der Waals surface area contributed by atoms with Crippen LogP contribution in [0.15, 0.2) is 42.5 Å². The van der Waals surface area contributed by atoms with E-state index in [1.807, 2.05) is 5.32 Å². The maximum absolute atomic E-state index is 13.2. The van der Waals surface area contributed by atoms with Crippen molar-refractivity contribution in [2.45, 2.75) is 37.7 Å². The number of ether oxygens (including phenoxy) is 1. The molecule has 2 aromatic carbocycles. The molecule has 0 heterocycles. The van der Waals surface area contributed by atoms with Gasteiger partial charge >= 0.3 is 18.3 Å². The summed E-state index contributed by atoms with van der Waals surface area (Å²) in [5.74, 6) is -5.03. The Labute approximate surface area is 204 Å². The number of alkyl halides is 6. The number of primary amides is 1. The second kappa shape index (κ2) is 11.3. The first-order valence-corrected chi connectivity index (χ1v) is 10.3. The molecular formula is C22H19F6N3O6. The molecule has 0 fully saturated rings. The Hall–Kier alpha value is -4.17. The number of nitrogens with two attached hydrogens (primary N) is 1. The lowest BCUT2D eigenvalue weighted by Crippen LogP contribution is -2.48. The molecule has 15 heteroatoms. The summed E-state index contributed by atoms with van der Waals surface area (Å²) in [5.41, 5.74) is 0.464. The van der Waals surface area contributed by atoms with Crippen LogP contribution in [0.5, 0.6) is 0 Å². The zero-order valence-corrected chi connectivity index (χ0v) is 18.9. The van der Waals surface area contributed by atoms with Crippen molar-refractivity contribution in [3.8, 4) is 0 Å². The van der Waals surface area contributed by atoms with Crippen molar-refractivity contribution in [1.29, 1.82) is 0 Å². The van der Waals surface area contributed by atoms with E-state index < -0.39 is 70.1 Å². The standard InChI is InChI=1S/C22H19F6N3O6/c1-2-37-17(32)10-16(11-3-5-15(6-4-11)31(35)36)18(19(29)33)30-20(34)12-7-13(21(23,24)25)9-14(8-12)22(26,27)28/h3-9,16,18H,2,10H2,1H3,(H2,29,33)(H,30,34)/t16-,18+/m1/s1. The number of nitrogens with zero attached hydrogens (tertiary/aromatic N) is 1. The Morgan fingerprint density at radius 1 is 1.00 bits per heavy atom. The maximum atomic E-state index is 13.2. The molecule has 0 saturated carbocycles. The minimum Gasteiger partial charge on any atom is -0.466 e. The summed E-state index contributed by atoms with van der Waals surface area (Å²) >= 11 is 0. The highest BCUT2D eigenvalue weighted by atomic mass is 19.4. The normalized spacial score (nSPS) is 13.4. The summed E-state index contributed by atoms with van der Waals surface area (Å²) in [6.07, 6.45) is -11.1. The molecule has 0 aliphatic carbocycles. The third-order valence-corrected chi connectivity index (χ3v) is 5.07. The number of non-ortho nitro benzene ring substituents is 1. The van der Waals surface area contributed by atoms with Gasteiger partial charge in [-0.15, -0.1) is 0 Å². The van der Waals surface area contributed by atoms with Crippen molar-refractivity contribution in [3.63, 3.8) is 0 Å². The second-order valence-electron chi connectivity index (χ2n) is 7.61. The van der Waals surface area contributed by atoms with Gasteiger partial charge in [0.2, 0.25) is 5.91 Å². The maximum Gasteiger partial charge on any atom is 0.416 e. The Balaban J connectivity index is 2.53. The first-order valence-electron chi connectivity index (χ1n) is 10.3. The molecule has 0 aliphatic heterocycles. The summed E-state index contributed by atoms with van der Waals surface area (Å²) in [7, 11) is 0. The Kier molecular flexibility index (Phi) is 8.85. The van der Waals surface area contributed by atoms with E-state index in [4.69, 9.17) is 10.5 Å². The van der Waals surface area contributed by atoms with Crippen LogP contribution in [0.4, 0.5) is 32.0 Å². The summed E-state index contributed by atoms with van der Waals surface area (Å²) in [5, 5.41) is 12.9. The highest BCUT2D eigenvalue weighted by molar-refractivity contribution is 5.98. The van der Waals surface area contributed by atoms with Gasteiger partial charge in [0.05, 0.1) is 29.1 Å². The first-order chi connectivity index (χ1) is 17.0. The number of hydrogen-bond donors (Lipinski definition) is 2. The number of nitro groups is 1. The van der Waals surface area contributed by atoms with Crippen LogP contribution in [0.3, 0.4) is 0 Å². The van der Waals surface area contributed by atoms with Crippen molar-refractivity contribution in [2.24, 2.45) is 5.73 Å². The van der Waals surface area contributed by atoms with E-state index >= 15 is 0 Å². The van der Waals surface area contributed by atoms with Gasteiger partial charge in [-0.3, -0.25) is 24.5 Å². The fourth-order valence-corrected chi connectivity index (χ4v) is 3.35. The van der Waals surface area contributed by atoms with E-state index in [9.17, 15) is 50.8 Å². The van der Waals surface area contributed by atoms with Crippen LogP contribution in [0.2, 0.25) is 0 Å². The predicted molar refractivity (Wildman–Crippen MR) is 114 cm³/mol. The number of rotatable bonds is 9. The smallest absolute Gasteiger partial charge is 0.416 e. The summed E-state index contributed by atoms with van der Waals surface area (Å²) < 4.78 is 83.9. The van der Waals surface area contributed by atoms with Gasteiger partial charge in [-0.2, -0.15) is 26.3 Å². The Morgan fingerprint density at radius 3 is 1.92 bits per heavy atom. The highest BCUT2D eigenvalue weighted by Crippen LogP contribution is 2.36. The number of carbonyl (C=O) groups excluding carboxylic acids is 3. The van der Waals surface area contributed by atoms with Gasteiger partial charge in [0.1, 0.15) is 6.04 Å². The van der Waals surface area contributed by atoms with Crippen molar-refractivity contribution in [1.82, 2.24) is 5.32 Å². The van der Waals surface area contributed by atoms with Gasteiger partial charge < -0.3 is 15.8 Å². The molecule has 0 bridgehead atoms. The van der Waals surface area contributed by atoms with Crippen molar-refractivity contribution in [3.05, 3.63) is 74.8 Å². The third-order valence-electron chi connectivity index (χ3n) is 5.07. The molecule has 2 amide bonds. The molecule has 0 aliphatic rings. The second-order valence-corrected chi connectivity index (χ2v) is 7.61. The number of halogens is 6. The molecular weight excluding hydrogens is 516 g/mol. The van der Waals surface area contributed by atoms with Crippen LogP contribution in [0, 0.1) is 10.1 Å². The Bertz CT molecular complexity index is 1150. The molecule has 0 aromatic heterocycles. The van der Waals surface area contributed by atoms with Crippen LogP contribution in [0.1, 0.15) is 46.3 Å². The van der Waals surface area contributed by atoms with Gasteiger partial charge in [0.15, 0.2) is 0 Å². The van der Waals surface area contributed by atoms with E-state index in [1.165, 1.54) is 6.92 Å². The average Bonchev–Trinajstić information content (AvgIpc) is 2.79. The zero-order chi connectivity index (χ0) is 28.1. The van der Waals surface area contributed by atoms with E-state index in [1.54, 1.807) is 0 Å². The summed E-state index contributed by atoms with van der Waals surface area (Å²) in [6.45, 7) is 1.39. The van der Waals surface area contributed by atoms with Crippen LogP contribution >= 0.6 is 0 Å². The summed E-state index contributed by atoms with van der Waals surface area (Å²) in [6, 6.07) is 2.66. The number of nitro benzene ring substituents is 1. The lowest BCUT2D eigenvalue weighted by molar-refractivity contribution is -0.384. The first kappa shape index (κ1) is 29.1. The van der Waals surface area contributed by atoms with Crippen LogP contribution < -0.4 is 11.1 Å². The largest absolute Gasteiger partial charge is 0.466 e. The molecule has 9 nitrogen and oxygen atoms in total. The minimum absolute atomic E-state index is 0.0720. The molecule has 37 heavy (non-hydrogen) atoms. The van der Waals surface area contributed by atoms with Crippen LogP contribution in [-0.2, 0) is 26.7 Å². The fraction of sp³-hybridized carbons (Fsp3) is 0.318. The molecule has 2 atom stereocenters. The number of nitrogens with one attached hydrogen (secondary N) is 1. The van der Waals surface area contributed by atoms with Crippen molar-refractivity contribution >= 4 is 23.5 Å². The molecule has 0 unspecified atom stereocenters. The zero-order valence-electron chi connectivity index (χ0n) is 18.9. The van der Waals surface area contributed by atoms with Gasteiger partial charge in [-0.25, -0.2) is 0 Å². The van der Waals surface area contributed by atoms with E-state index in [2.05, 4.69) is 0 Å². The molecule has 2 aromatic rings. The Morgan fingerprint density at radius 2 is 1.51 bits per heavy atom. The molecule has 3 N–H and O–H groups in total. The highest BCUT2D eigenvalue weighted by Gasteiger charge is 2.38. The van der Waals surface area contributed by atoms with Gasteiger partial charge in [0, 0.05) is 23.6 Å². The minimum atomic E-state index is -5.23. The molecule has 0 saturated heterocycles. The van der Waals surface area contributed by atoms with Gasteiger partial charge in [-0.1, -0.05) is 12.1 Å². The van der Waals surface area contributed by atoms with Gasteiger partial charge in [0.25, 0.3) is 11.6 Å². The van der Waals surface area contributed by atoms with Crippen molar-refractivity contribution < 1.29 is 50.4 Å². The lowest BCUT2D eigenvalue weighted by atomic mass is 9.87. The molecule has 200 valence electrons. The number of hydrogen-bond acceptors (Lipinski definition) is 6. The quantitative estimate of drug-likeness (QED) is 0.216. The van der Waals surface area contributed by atoms with Crippen LogP contribution in [-0.4, -0.2) is 35.4 Å². The molecule has 2 rings (SSSR count). The third kappa shape index (κ3) is 7.65. The average molecular weight is 535 g/mol. The fourth-order valence-electron chi connectivity index (χ4n) is 3.35. The molecule has 0 radical (unpaired) electrons. The van der Waals surface area contributed by atoms with Crippen molar-refractivity contribution in [2.75, 3.05) is 6.61 Å². The topological polar surface area (TPSA) is 142 Å². The predicted octanol–water partition coefficient (Wildman–Crippen LogP) is 3.95. The van der Waals surface area contributed by atoms with E-state index in [0.29, 0.717) is 0 Å².